The number of amides is 2. The maximum Gasteiger partial charge on any atom is 0.323 e. The smallest absolute Gasteiger partial charge is 0.323 e. The zero-order valence-corrected chi connectivity index (χ0v) is 16.7. The van der Waals surface area contributed by atoms with Crippen molar-refractivity contribution in [1.82, 2.24) is 14.9 Å². The van der Waals surface area contributed by atoms with Gasteiger partial charge < -0.3 is 20.7 Å². The topological polar surface area (TPSA) is 157 Å². The van der Waals surface area contributed by atoms with E-state index in [4.69, 9.17) is 10.5 Å². The first-order chi connectivity index (χ1) is 12.9. The van der Waals surface area contributed by atoms with Crippen LogP contribution in [0.25, 0.3) is 0 Å². The van der Waals surface area contributed by atoms with Gasteiger partial charge in [-0.2, -0.15) is 4.72 Å². The van der Waals surface area contributed by atoms with E-state index < -0.39 is 34.5 Å². The summed E-state index contributed by atoms with van der Waals surface area (Å²) in [6.45, 7) is 1.32. The van der Waals surface area contributed by atoms with Gasteiger partial charge in [0.15, 0.2) is 0 Å². The number of aliphatic carboxylic acids is 1. The molecule has 11 heteroatoms. The van der Waals surface area contributed by atoms with Crippen LogP contribution in [0.2, 0.25) is 0 Å². The van der Waals surface area contributed by atoms with Crippen molar-refractivity contribution in [3.63, 3.8) is 0 Å². The predicted octanol–water partition coefficient (Wildman–Crippen LogP) is -0.345. The van der Waals surface area contributed by atoms with Gasteiger partial charge in [-0.15, -0.1) is 0 Å². The van der Waals surface area contributed by atoms with Gasteiger partial charge in [0.25, 0.3) is 5.91 Å². The molecule has 0 aliphatic carbocycles. The maximum absolute atomic E-state index is 12.3. The van der Waals surface area contributed by atoms with Crippen molar-refractivity contribution in [3.8, 4) is 0 Å². The Labute approximate surface area is 163 Å². The summed E-state index contributed by atoms with van der Waals surface area (Å²) in [5.74, 6) is -2.23. The Hall–Kier alpha value is -2.79. The minimum atomic E-state index is -3.74. The van der Waals surface area contributed by atoms with E-state index in [1.54, 1.807) is 31.2 Å². The van der Waals surface area contributed by atoms with Crippen LogP contribution in [0.5, 0.6) is 0 Å². The molecule has 0 saturated carbocycles. The second-order valence-electron chi connectivity index (χ2n) is 6.26. The van der Waals surface area contributed by atoms with Crippen LogP contribution in [0.3, 0.4) is 0 Å². The number of carbonyl (C=O) groups is 3. The van der Waals surface area contributed by atoms with Crippen LogP contribution in [-0.2, 0) is 19.6 Å². The summed E-state index contributed by atoms with van der Waals surface area (Å²) in [5, 5.41) is 18.8. The second kappa shape index (κ2) is 9.95. The molecule has 0 radical (unpaired) electrons. The van der Waals surface area contributed by atoms with E-state index in [-0.39, 0.29) is 18.9 Å². The van der Waals surface area contributed by atoms with E-state index in [2.05, 4.69) is 5.32 Å². The fourth-order valence-electron chi connectivity index (χ4n) is 2.20. The lowest BCUT2D eigenvalue weighted by molar-refractivity contribution is -0.138. The third-order valence-electron chi connectivity index (χ3n) is 3.74. The largest absolute Gasteiger partial charge is 0.480 e. The van der Waals surface area contributed by atoms with Crippen molar-refractivity contribution in [2.24, 2.45) is 0 Å². The van der Waals surface area contributed by atoms with Crippen molar-refractivity contribution in [2.45, 2.75) is 19.4 Å². The van der Waals surface area contributed by atoms with Gasteiger partial charge in [-0.25, -0.2) is 8.42 Å². The molecule has 1 aromatic rings. The van der Waals surface area contributed by atoms with Gasteiger partial charge in [-0.1, -0.05) is 12.1 Å². The number of sulfonamides is 1. The van der Waals surface area contributed by atoms with Gasteiger partial charge in [0.1, 0.15) is 6.04 Å². The summed E-state index contributed by atoms with van der Waals surface area (Å²) in [5.41, 5.74) is 1.50. The molecule has 0 fully saturated rings. The first kappa shape index (κ1) is 23.2. The molecular formula is C17H24N4O6S. The number of carboxylic acid groups (broad SMARTS) is 1. The molecule has 1 atom stereocenters. The minimum absolute atomic E-state index is 0.0782. The number of carboxylic acids is 1. The molecule has 4 N–H and O–H groups in total. The van der Waals surface area contributed by atoms with E-state index in [0.717, 1.165) is 6.26 Å². The van der Waals surface area contributed by atoms with E-state index in [1.807, 2.05) is 4.72 Å². The Kier molecular flexibility index (Phi) is 8.26. The number of nitrogens with zero attached hydrogens (tertiary/aromatic N) is 1. The highest BCUT2D eigenvalue weighted by Gasteiger charge is 2.22. The summed E-state index contributed by atoms with van der Waals surface area (Å²) >= 11 is 0. The van der Waals surface area contributed by atoms with Crippen LogP contribution < -0.4 is 10.0 Å². The molecule has 0 spiro atoms. The molecule has 154 valence electrons. The first-order valence-corrected chi connectivity index (χ1v) is 10.2. The fourth-order valence-corrected chi connectivity index (χ4v) is 2.90. The molecule has 0 bridgehead atoms. The van der Waals surface area contributed by atoms with Gasteiger partial charge in [0.05, 0.1) is 6.26 Å². The molecule has 0 aromatic heterocycles. The Bertz CT molecular complexity index is 851. The summed E-state index contributed by atoms with van der Waals surface area (Å²) < 4.78 is 24.2. The van der Waals surface area contributed by atoms with Crippen molar-refractivity contribution < 1.29 is 27.9 Å². The van der Waals surface area contributed by atoms with Crippen LogP contribution >= 0.6 is 0 Å². The predicted molar refractivity (Wildman–Crippen MR) is 103 cm³/mol. The SMILES string of the molecule is CC(=N)c1ccc(C(=O)N(C)CCC(=O)NCC(NS(C)(=O)=O)C(=O)O)cc1. The van der Waals surface area contributed by atoms with Gasteiger partial charge in [-0.05, 0) is 24.6 Å². The molecule has 1 aromatic carbocycles. The van der Waals surface area contributed by atoms with Crippen LogP contribution in [0.4, 0.5) is 0 Å². The summed E-state index contributed by atoms with van der Waals surface area (Å²) in [6.07, 6.45) is 0.742. The van der Waals surface area contributed by atoms with E-state index in [0.29, 0.717) is 16.8 Å². The Balaban J connectivity index is 2.53. The second-order valence-corrected chi connectivity index (χ2v) is 8.04. The van der Waals surface area contributed by atoms with Crippen molar-refractivity contribution >= 4 is 33.5 Å². The highest BCUT2D eigenvalue weighted by Crippen LogP contribution is 2.08. The molecule has 0 saturated heterocycles. The standard InChI is InChI=1S/C17H24N4O6S/c1-11(18)12-4-6-13(7-5-12)16(23)21(2)9-8-15(22)19-10-14(17(24)25)20-28(3,26)27/h4-7,14,18,20H,8-10H2,1-3H3,(H,19,22)(H,24,25). The van der Waals surface area contributed by atoms with Gasteiger partial charge in [0, 0.05) is 37.8 Å². The molecule has 0 aliphatic rings. The van der Waals surface area contributed by atoms with Gasteiger partial charge in [-0.3, -0.25) is 14.4 Å². The summed E-state index contributed by atoms with van der Waals surface area (Å²) in [6, 6.07) is 5.05. The Morgan fingerprint density at radius 3 is 2.18 bits per heavy atom. The van der Waals surface area contributed by atoms with E-state index in [1.165, 1.54) is 11.9 Å². The van der Waals surface area contributed by atoms with Crippen molar-refractivity contribution in [2.75, 3.05) is 26.4 Å². The molecule has 28 heavy (non-hydrogen) atoms. The molecule has 0 heterocycles. The molecule has 0 aliphatic heterocycles. The number of hydrogen-bond acceptors (Lipinski definition) is 6. The van der Waals surface area contributed by atoms with Crippen molar-refractivity contribution in [1.29, 1.82) is 5.41 Å². The monoisotopic (exact) mass is 412 g/mol. The van der Waals surface area contributed by atoms with E-state index >= 15 is 0 Å². The average Bonchev–Trinajstić information content (AvgIpc) is 2.61. The van der Waals surface area contributed by atoms with Gasteiger partial charge >= 0.3 is 5.97 Å². The van der Waals surface area contributed by atoms with Crippen molar-refractivity contribution in [3.05, 3.63) is 35.4 Å². The zero-order valence-electron chi connectivity index (χ0n) is 15.9. The molecule has 1 rings (SSSR count). The van der Waals surface area contributed by atoms with Crippen LogP contribution in [-0.4, -0.2) is 74.4 Å². The lowest BCUT2D eigenvalue weighted by Gasteiger charge is -2.18. The number of rotatable bonds is 10. The lowest BCUT2D eigenvalue weighted by Crippen LogP contribution is -2.48. The Morgan fingerprint density at radius 2 is 1.71 bits per heavy atom. The number of carbonyl (C=O) groups excluding carboxylic acids is 2. The average molecular weight is 412 g/mol. The zero-order chi connectivity index (χ0) is 21.5. The number of hydrogen-bond donors (Lipinski definition) is 4. The maximum atomic E-state index is 12.3. The summed E-state index contributed by atoms with van der Waals surface area (Å²) in [4.78, 5) is 36.6. The molecular weight excluding hydrogens is 388 g/mol. The molecule has 2 amide bonds. The van der Waals surface area contributed by atoms with Gasteiger partial charge in [0.2, 0.25) is 15.9 Å². The molecule has 1 unspecified atom stereocenters. The normalized spacial score (nSPS) is 12.1. The third kappa shape index (κ3) is 7.84. The number of benzene rings is 1. The fraction of sp³-hybridized carbons (Fsp3) is 0.412. The lowest BCUT2D eigenvalue weighted by atomic mass is 10.1. The van der Waals surface area contributed by atoms with Crippen LogP contribution in [0.15, 0.2) is 24.3 Å². The van der Waals surface area contributed by atoms with E-state index in [9.17, 15) is 22.8 Å². The van der Waals surface area contributed by atoms with Crippen LogP contribution in [0, 0.1) is 5.41 Å². The highest BCUT2D eigenvalue weighted by molar-refractivity contribution is 7.88. The minimum Gasteiger partial charge on any atom is -0.480 e. The van der Waals surface area contributed by atoms with Crippen LogP contribution in [0.1, 0.15) is 29.3 Å². The Morgan fingerprint density at radius 1 is 1.18 bits per heavy atom. The number of nitrogens with one attached hydrogen (secondary N) is 3. The summed E-state index contributed by atoms with van der Waals surface area (Å²) in [7, 11) is -2.22. The quantitative estimate of drug-likeness (QED) is 0.385. The first-order valence-electron chi connectivity index (χ1n) is 8.28. The molecule has 10 nitrogen and oxygen atoms in total. The third-order valence-corrected chi connectivity index (χ3v) is 4.46. The highest BCUT2D eigenvalue weighted by atomic mass is 32.2.